The molecule has 0 aliphatic carbocycles. The Hall–Kier alpha value is -1.79. The van der Waals surface area contributed by atoms with E-state index >= 15 is 0 Å². The van der Waals surface area contributed by atoms with Crippen LogP contribution in [0.25, 0.3) is 0 Å². The number of esters is 1. The maximum absolute atomic E-state index is 12.0. The minimum absolute atomic E-state index is 0.0736. The number of hydrogen-bond donors (Lipinski definition) is 1. The van der Waals surface area contributed by atoms with E-state index in [4.69, 9.17) is 14.6 Å². The molecule has 1 N–H and O–H groups in total. The number of carbonyl (C=O) groups excluding carboxylic acids is 1. The highest BCUT2D eigenvalue weighted by molar-refractivity contribution is 5.75. The Bertz CT molecular complexity index is 501. The van der Waals surface area contributed by atoms with E-state index in [0.29, 0.717) is 30.7 Å². The number of nitroso groups, excluding NO2 is 1. The van der Waals surface area contributed by atoms with Gasteiger partial charge in [0.2, 0.25) is 0 Å². The topological polar surface area (TPSA) is 85.2 Å². The largest absolute Gasteiger partial charge is 0.464 e. The average Bonchev–Trinajstić information content (AvgIpc) is 2.47. The molecule has 1 aromatic rings. The molecule has 122 valence electrons. The van der Waals surface area contributed by atoms with Crippen molar-refractivity contribution in [3.8, 4) is 0 Å². The van der Waals surface area contributed by atoms with E-state index in [9.17, 15) is 9.70 Å². The van der Waals surface area contributed by atoms with Gasteiger partial charge in [-0.3, -0.25) is 0 Å². The fourth-order valence-electron chi connectivity index (χ4n) is 2.14. The van der Waals surface area contributed by atoms with E-state index < -0.39 is 12.1 Å². The minimum Gasteiger partial charge on any atom is -0.464 e. The third-order valence-corrected chi connectivity index (χ3v) is 3.03. The van der Waals surface area contributed by atoms with Gasteiger partial charge in [0.1, 0.15) is 5.69 Å². The predicted octanol–water partition coefficient (Wildman–Crippen LogP) is 2.52. The number of rotatable bonds is 9. The van der Waals surface area contributed by atoms with Gasteiger partial charge in [-0.25, -0.2) is 4.79 Å². The van der Waals surface area contributed by atoms with E-state index in [1.165, 1.54) is 0 Å². The summed E-state index contributed by atoms with van der Waals surface area (Å²) in [5.41, 5.74) is 1.78. The van der Waals surface area contributed by atoms with Crippen LogP contribution in [-0.2, 0) is 27.1 Å². The molecule has 22 heavy (non-hydrogen) atoms. The van der Waals surface area contributed by atoms with Gasteiger partial charge in [0.25, 0.3) is 0 Å². The fraction of sp³-hybridized carbons (Fsp3) is 0.562. The summed E-state index contributed by atoms with van der Waals surface area (Å²) in [4.78, 5) is 22.7. The quantitative estimate of drug-likeness (QED) is 0.559. The van der Waals surface area contributed by atoms with Crippen molar-refractivity contribution in [3.63, 3.8) is 0 Å². The number of ether oxygens (including phenoxy) is 2. The van der Waals surface area contributed by atoms with Crippen LogP contribution in [0.1, 0.15) is 31.9 Å². The molecule has 0 saturated heterocycles. The number of aliphatic hydroxyl groups excluding tert-OH is 1. The SMILES string of the molecule is CCOC(=O)C(Cc1ccc(N=O)c(CCO)c1)OC(C)C. The third kappa shape index (κ3) is 5.54. The second-order valence-corrected chi connectivity index (χ2v) is 5.16. The molecule has 0 fully saturated rings. The second kappa shape index (κ2) is 9.27. The first-order valence-corrected chi connectivity index (χ1v) is 7.39. The van der Waals surface area contributed by atoms with Crippen molar-refractivity contribution in [2.75, 3.05) is 13.2 Å². The van der Waals surface area contributed by atoms with Crippen LogP contribution in [0.2, 0.25) is 0 Å². The molecule has 0 spiro atoms. The van der Waals surface area contributed by atoms with Crippen LogP contribution >= 0.6 is 0 Å². The summed E-state index contributed by atoms with van der Waals surface area (Å²) in [6.45, 7) is 5.66. The first-order chi connectivity index (χ1) is 10.5. The Morgan fingerprint density at radius 1 is 1.36 bits per heavy atom. The van der Waals surface area contributed by atoms with Crippen LogP contribution in [0.15, 0.2) is 23.4 Å². The van der Waals surface area contributed by atoms with Gasteiger partial charge in [-0.15, -0.1) is 4.91 Å². The molecular weight excluding hydrogens is 286 g/mol. The summed E-state index contributed by atoms with van der Waals surface area (Å²) in [6, 6.07) is 5.08. The monoisotopic (exact) mass is 309 g/mol. The fourth-order valence-corrected chi connectivity index (χ4v) is 2.14. The predicted molar refractivity (Wildman–Crippen MR) is 83.0 cm³/mol. The summed E-state index contributed by atoms with van der Waals surface area (Å²) in [5, 5.41) is 12.0. The zero-order valence-corrected chi connectivity index (χ0v) is 13.2. The van der Waals surface area contributed by atoms with Crippen LogP contribution in [0.3, 0.4) is 0 Å². The van der Waals surface area contributed by atoms with Gasteiger partial charge < -0.3 is 14.6 Å². The van der Waals surface area contributed by atoms with Crippen LogP contribution in [0.5, 0.6) is 0 Å². The molecule has 1 unspecified atom stereocenters. The van der Waals surface area contributed by atoms with Gasteiger partial charge >= 0.3 is 5.97 Å². The van der Waals surface area contributed by atoms with Crippen LogP contribution in [0.4, 0.5) is 5.69 Å². The Labute approximate surface area is 130 Å². The Morgan fingerprint density at radius 3 is 2.64 bits per heavy atom. The van der Waals surface area contributed by atoms with Crippen molar-refractivity contribution in [2.45, 2.75) is 45.8 Å². The molecule has 6 heteroatoms. The second-order valence-electron chi connectivity index (χ2n) is 5.16. The van der Waals surface area contributed by atoms with Crippen molar-refractivity contribution in [1.82, 2.24) is 0 Å². The number of aliphatic hydroxyl groups is 1. The zero-order valence-electron chi connectivity index (χ0n) is 13.2. The Kier molecular flexibility index (Phi) is 7.70. The molecule has 0 bridgehead atoms. The van der Waals surface area contributed by atoms with Crippen molar-refractivity contribution < 1.29 is 19.4 Å². The molecule has 0 amide bonds. The highest BCUT2D eigenvalue weighted by Gasteiger charge is 2.22. The molecule has 1 aromatic carbocycles. The maximum atomic E-state index is 12.0. The molecular formula is C16H23NO5. The van der Waals surface area contributed by atoms with Crippen molar-refractivity contribution in [2.24, 2.45) is 5.18 Å². The molecule has 0 aromatic heterocycles. The zero-order chi connectivity index (χ0) is 16.5. The molecule has 0 saturated carbocycles. The van der Waals surface area contributed by atoms with Crippen LogP contribution in [-0.4, -0.2) is 36.5 Å². The van der Waals surface area contributed by atoms with Crippen molar-refractivity contribution in [1.29, 1.82) is 0 Å². The number of carbonyl (C=O) groups is 1. The van der Waals surface area contributed by atoms with Crippen molar-refractivity contribution >= 4 is 11.7 Å². The standard InChI is InChI=1S/C16H23NO5/c1-4-21-16(19)15(22-11(2)3)10-12-5-6-14(17-20)13(9-12)7-8-18/h5-6,9,11,15,18H,4,7-8,10H2,1-3H3. The lowest BCUT2D eigenvalue weighted by atomic mass is 10.0. The summed E-state index contributed by atoms with van der Waals surface area (Å²) < 4.78 is 10.6. The van der Waals surface area contributed by atoms with E-state index in [1.807, 2.05) is 13.8 Å². The van der Waals surface area contributed by atoms with E-state index in [-0.39, 0.29) is 12.7 Å². The molecule has 0 heterocycles. The van der Waals surface area contributed by atoms with E-state index in [0.717, 1.165) is 5.56 Å². The molecule has 0 radical (unpaired) electrons. The molecule has 1 atom stereocenters. The first-order valence-electron chi connectivity index (χ1n) is 7.39. The lowest BCUT2D eigenvalue weighted by Gasteiger charge is -2.19. The third-order valence-electron chi connectivity index (χ3n) is 3.03. The van der Waals surface area contributed by atoms with E-state index in [2.05, 4.69) is 5.18 Å². The normalized spacial score (nSPS) is 12.2. The summed E-state index contributed by atoms with van der Waals surface area (Å²) in [7, 11) is 0. The van der Waals surface area contributed by atoms with Crippen molar-refractivity contribution in [3.05, 3.63) is 34.2 Å². The Balaban J connectivity index is 2.94. The number of hydrogen-bond acceptors (Lipinski definition) is 6. The molecule has 1 rings (SSSR count). The molecule has 0 aliphatic rings. The number of benzene rings is 1. The Morgan fingerprint density at radius 2 is 2.09 bits per heavy atom. The molecule has 6 nitrogen and oxygen atoms in total. The van der Waals surface area contributed by atoms with E-state index in [1.54, 1.807) is 25.1 Å². The van der Waals surface area contributed by atoms with Gasteiger partial charge in [-0.1, -0.05) is 12.1 Å². The lowest BCUT2D eigenvalue weighted by molar-refractivity contribution is -0.159. The van der Waals surface area contributed by atoms with Crippen LogP contribution < -0.4 is 0 Å². The first kappa shape index (κ1) is 18.3. The smallest absolute Gasteiger partial charge is 0.335 e. The maximum Gasteiger partial charge on any atom is 0.335 e. The molecule has 0 aliphatic heterocycles. The lowest BCUT2D eigenvalue weighted by Crippen LogP contribution is -2.31. The summed E-state index contributed by atoms with van der Waals surface area (Å²) in [5.74, 6) is -0.405. The van der Waals surface area contributed by atoms with Crippen LogP contribution in [0, 0.1) is 4.91 Å². The summed E-state index contributed by atoms with van der Waals surface area (Å²) >= 11 is 0. The van der Waals surface area contributed by atoms with Gasteiger partial charge in [0, 0.05) is 13.0 Å². The minimum atomic E-state index is -0.697. The van der Waals surface area contributed by atoms with Gasteiger partial charge in [0.15, 0.2) is 6.10 Å². The average molecular weight is 309 g/mol. The highest BCUT2D eigenvalue weighted by Crippen LogP contribution is 2.22. The van der Waals surface area contributed by atoms with Gasteiger partial charge in [0.05, 0.1) is 12.7 Å². The highest BCUT2D eigenvalue weighted by atomic mass is 16.6. The number of nitrogens with zero attached hydrogens (tertiary/aromatic N) is 1. The van der Waals surface area contributed by atoms with Gasteiger partial charge in [-0.2, -0.15) is 0 Å². The van der Waals surface area contributed by atoms with Gasteiger partial charge in [-0.05, 0) is 49.6 Å². The summed E-state index contributed by atoms with van der Waals surface area (Å²) in [6.07, 6.45) is -0.127.